The molecule has 6 heteroatoms. The lowest BCUT2D eigenvalue weighted by Crippen LogP contribution is -2.00. The second-order valence-corrected chi connectivity index (χ2v) is 4.36. The average Bonchev–Trinajstić information content (AvgIpc) is 2.33. The fraction of sp³-hybridized carbons (Fsp3) is 0.182. The molecule has 2 heterocycles. The summed E-state index contributed by atoms with van der Waals surface area (Å²) >= 11 is 3.46. The van der Waals surface area contributed by atoms with Crippen LogP contribution in [-0.4, -0.2) is 22.0 Å². The van der Waals surface area contributed by atoms with Gasteiger partial charge in [0.25, 0.3) is 0 Å². The Morgan fingerprint density at radius 2 is 1.88 bits per heavy atom. The van der Waals surface area contributed by atoms with Gasteiger partial charge in [0.1, 0.15) is 23.8 Å². The number of aryl methyl sites for hydroxylation is 1. The molecule has 0 aliphatic rings. The maximum absolute atomic E-state index is 4.29. The van der Waals surface area contributed by atoms with Gasteiger partial charge in [0.2, 0.25) is 0 Å². The molecule has 2 aromatic heterocycles. The van der Waals surface area contributed by atoms with Crippen LogP contribution in [0.15, 0.2) is 29.1 Å². The maximum atomic E-state index is 4.29. The van der Waals surface area contributed by atoms with E-state index in [0.717, 1.165) is 21.7 Å². The highest BCUT2D eigenvalue weighted by Gasteiger charge is 2.03. The molecule has 17 heavy (non-hydrogen) atoms. The number of nitrogens with one attached hydrogen (secondary N) is 2. The zero-order chi connectivity index (χ0) is 12.3. The third kappa shape index (κ3) is 2.91. The van der Waals surface area contributed by atoms with Gasteiger partial charge in [-0.2, -0.15) is 0 Å². The fourth-order valence-electron chi connectivity index (χ4n) is 1.31. The molecule has 0 spiro atoms. The lowest BCUT2D eigenvalue weighted by atomic mass is 10.3. The van der Waals surface area contributed by atoms with E-state index in [4.69, 9.17) is 0 Å². The molecule has 0 fully saturated rings. The van der Waals surface area contributed by atoms with Gasteiger partial charge in [-0.1, -0.05) is 0 Å². The second kappa shape index (κ2) is 5.09. The Hall–Kier alpha value is -1.69. The van der Waals surface area contributed by atoms with Gasteiger partial charge in [0, 0.05) is 19.3 Å². The van der Waals surface area contributed by atoms with Crippen molar-refractivity contribution in [2.75, 3.05) is 17.7 Å². The van der Waals surface area contributed by atoms with Crippen LogP contribution in [0, 0.1) is 6.92 Å². The number of aromatic nitrogens is 3. The lowest BCUT2D eigenvalue weighted by molar-refractivity contribution is 1.14. The first-order chi connectivity index (χ1) is 8.19. The summed E-state index contributed by atoms with van der Waals surface area (Å²) in [4.78, 5) is 12.5. The third-order valence-corrected chi connectivity index (χ3v) is 2.75. The van der Waals surface area contributed by atoms with Crippen LogP contribution in [-0.2, 0) is 0 Å². The molecule has 0 bridgehead atoms. The molecule has 0 aromatic carbocycles. The van der Waals surface area contributed by atoms with Crippen LogP contribution < -0.4 is 10.6 Å². The van der Waals surface area contributed by atoms with E-state index < -0.39 is 0 Å². The number of halogens is 1. The van der Waals surface area contributed by atoms with Gasteiger partial charge in [0.15, 0.2) is 0 Å². The Balaban J connectivity index is 2.25. The van der Waals surface area contributed by atoms with Crippen LogP contribution in [0.4, 0.5) is 17.5 Å². The van der Waals surface area contributed by atoms with Crippen molar-refractivity contribution < 1.29 is 0 Å². The number of hydrogen-bond acceptors (Lipinski definition) is 5. The average molecular weight is 294 g/mol. The molecule has 2 N–H and O–H groups in total. The van der Waals surface area contributed by atoms with Crippen LogP contribution >= 0.6 is 15.9 Å². The molecule has 5 nitrogen and oxygen atoms in total. The van der Waals surface area contributed by atoms with Crippen LogP contribution in [0.5, 0.6) is 0 Å². The number of nitrogens with zero attached hydrogens (tertiary/aromatic N) is 3. The van der Waals surface area contributed by atoms with Gasteiger partial charge >= 0.3 is 0 Å². The highest BCUT2D eigenvalue weighted by Crippen LogP contribution is 2.23. The highest BCUT2D eigenvalue weighted by molar-refractivity contribution is 9.10. The van der Waals surface area contributed by atoms with E-state index in [-0.39, 0.29) is 0 Å². The van der Waals surface area contributed by atoms with Crippen molar-refractivity contribution in [2.24, 2.45) is 0 Å². The van der Waals surface area contributed by atoms with E-state index in [2.05, 4.69) is 41.5 Å². The maximum Gasteiger partial charge on any atom is 0.145 e. The minimum atomic E-state index is 0.696. The summed E-state index contributed by atoms with van der Waals surface area (Å²) in [5.41, 5.74) is 1.10. The number of rotatable bonds is 3. The van der Waals surface area contributed by atoms with Crippen molar-refractivity contribution in [3.63, 3.8) is 0 Å². The predicted octanol–water partition coefficient (Wildman–Crippen LogP) is 2.73. The Morgan fingerprint density at radius 1 is 1.12 bits per heavy atom. The van der Waals surface area contributed by atoms with E-state index in [0.29, 0.717) is 5.82 Å². The minimum absolute atomic E-state index is 0.696. The summed E-state index contributed by atoms with van der Waals surface area (Å²) in [6.07, 6.45) is 3.30. The topological polar surface area (TPSA) is 62.7 Å². The Morgan fingerprint density at radius 3 is 2.59 bits per heavy atom. The van der Waals surface area contributed by atoms with Crippen molar-refractivity contribution in [2.45, 2.75) is 6.92 Å². The van der Waals surface area contributed by atoms with Crippen molar-refractivity contribution in [3.05, 3.63) is 34.7 Å². The molecule has 0 unspecified atom stereocenters. The normalized spacial score (nSPS) is 10.1. The van der Waals surface area contributed by atoms with Crippen molar-refractivity contribution in [1.29, 1.82) is 0 Å². The monoisotopic (exact) mass is 293 g/mol. The largest absolute Gasteiger partial charge is 0.373 e. The summed E-state index contributed by atoms with van der Waals surface area (Å²) in [5, 5.41) is 6.08. The van der Waals surface area contributed by atoms with Crippen LogP contribution in [0.1, 0.15) is 5.56 Å². The minimum Gasteiger partial charge on any atom is -0.373 e. The molecule has 2 aromatic rings. The summed E-state index contributed by atoms with van der Waals surface area (Å²) in [7, 11) is 1.81. The Bertz CT molecular complexity index is 529. The number of hydrogen-bond donors (Lipinski definition) is 2. The van der Waals surface area contributed by atoms with Gasteiger partial charge in [-0.25, -0.2) is 15.0 Å². The molecule has 0 aliphatic heterocycles. The second-order valence-electron chi connectivity index (χ2n) is 3.51. The van der Waals surface area contributed by atoms with E-state index in [1.165, 1.54) is 6.33 Å². The molecule has 2 rings (SSSR count). The molecule has 0 saturated carbocycles. The van der Waals surface area contributed by atoms with Gasteiger partial charge in [0.05, 0.1) is 4.47 Å². The standard InChI is InChI=1S/C11H12BrN5/c1-7-3-8(12)11(14-5-7)17-10-4-9(13-2)15-6-16-10/h3-6H,1-2H3,(H2,13,14,15,16,17). The Kier molecular flexibility index (Phi) is 3.53. The van der Waals surface area contributed by atoms with E-state index in [1.807, 2.05) is 26.1 Å². The van der Waals surface area contributed by atoms with Gasteiger partial charge in [-0.3, -0.25) is 0 Å². The van der Waals surface area contributed by atoms with Crippen molar-refractivity contribution in [3.8, 4) is 0 Å². The zero-order valence-corrected chi connectivity index (χ0v) is 11.1. The van der Waals surface area contributed by atoms with Crippen LogP contribution in [0.3, 0.4) is 0 Å². The molecule has 0 aliphatic carbocycles. The summed E-state index contributed by atoms with van der Waals surface area (Å²) in [5.74, 6) is 2.18. The number of anilines is 3. The highest BCUT2D eigenvalue weighted by atomic mass is 79.9. The lowest BCUT2D eigenvalue weighted by Gasteiger charge is -2.08. The van der Waals surface area contributed by atoms with E-state index in [1.54, 1.807) is 6.20 Å². The Labute approximate surface area is 108 Å². The first-order valence-electron chi connectivity index (χ1n) is 5.08. The van der Waals surface area contributed by atoms with Gasteiger partial charge < -0.3 is 10.6 Å². The van der Waals surface area contributed by atoms with Gasteiger partial charge in [-0.05, 0) is 34.5 Å². The smallest absolute Gasteiger partial charge is 0.145 e. The van der Waals surface area contributed by atoms with E-state index in [9.17, 15) is 0 Å². The van der Waals surface area contributed by atoms with Crippen molar-refractivity contribution >= 4 is 33.4 Å². The predicted molar refractivity (Wildman–Crippen MR) is 71.5 cm³/mol. The number of pyridine rings is 1. The van der Waals surface area contributed by atoms with Crippen molar-refractivity contribution in [1.82, 2.24) is 15.0 Å². The molecule has 88 valence electrons. The first-order valence-corrected chi connectivity index (χ1v) is 5.87. The molecular formula is C11H12BrN5. The van der Waals surface area contributed by atoms with Crippen LogP contribution in [0.25, 0.3) is 0 Å². The third-order valence-electron chi connectivity index (χ3n) is 2.15. The zero-order valence-electron chi connectivity index (χ0n) is 9.53. The molecule has 0 radical (unpaired) electrons. The molecule has 0 amide bonds. The summed E-state index contributed by atoms with van der Waals surface area (Å²) in [6, 6.07) is 3.81. The quantitative estimate of drug-likeness (QED) is 0.911. The van der Waals surface area contributed by atoms with Crippen LogP contribution in [0.2, 0.25) is 0 Å². The van der Waals surface area contributed by atoms with Gasteiger partial charge in [-0.15, -0.1) is 0 Å². The summed E-state index contributed by atoms with van der Waals surface area (Å²) in [6.45, 7) is 1.99. The molecule has 0 atom stereocenters. The fourth-order valence-corrected chi connectivity index (χ4v) is 1.87. The van der Waals surface area contributed by atoms with E-state index >= 15 is 0 Å². The SMILES string of the molecule is CNc1cc(Nc2ncc(C)cc2Br)ncn1. The first kappa shape index (κ1) is 11.8. The molecule has 0 saturated heterocycles. The summed E-state index contributed by atoms with van der Waals surface area (Å²) < 4.78 is 0.905. The molecular weight excluding hydrogens is 282 g/mol.